The van der Waals surface area contributed by atoms with Crippen molar-refractivity contribution < 1.29 is 14.7 Å². The van der Waals surface area contributed by atoms with Crippen LogP contribution in [-0.2, 0) is 4.79 Å². The molecule has 2 aromatic rings. The van der Waals surface area contributed by atoms with Gasteiger partial charge in [0.25, 0.3) is 5.91 Å². The summed E-state index contributed by atoms with van der Waals surface area (Å²) in [6, 6.07) is 15.1. The number of aliphatic hydroxyl groups is 1. The first-order valence-corrected chi connectivity index (χ1v) is 8.04. The van der Waals surface area contributed by atoms with Gasteiger partial charge in [0.1, 0.15) is 6.04 Å². The first kappa shape index (κ1) is 15.4. The average Bonchev–Trinajstić information content (AvgIpc) is 3.14. The quantitative estimate of drug-likeness (QED) is 0.853. The van der Waals surface area contributed by atoms with E-state index >= 15 is 0 Å². The highest BCUT2D eigenvalue weighted by atomic mass is 16.3. The fraction of sp³-hybridized carbons (Fsp3) is 0.211. The van der Waals surface area contributed by atoms with E-state index in [0.717, 1.165) is 10.5 Å². The predicted molar refractivity (Wildman–Crippen MR) is 90.6 cm³/mol. The minimum Gasteiger partial charge on any atom is -0.390 e. The third-order valence-electron chi connectivity index (χ3n) is 4.74. The lowest BCUT2D eigenvalue weighted by Gasteiger charge is -2.17. The van der Waals surface area contributed by atoms with E-state index in [9.17, 15) is 20.0 Å². The van der Waals surface area contributed by atoms with E-state index in [4.69, 9.17) is 0 Å². The number of carbonyl (C=O) groups is 2. The molecule has 2 aromatic carbocycles. The molecule has 6 nitrogen and oxygen atoms in total. The zero-order valence-electron chi connectivity index (χ0n) is 13.3. The van der Waals surface area contributed by atoms with Gasteiger partial charge in [0, 0.05) is 12.1 Å². The summed E-state index contributed by atoms with van der Waals surface area (Å²) in [5.74, 6) is -0.418. The molecule has 0 aromatic heterocycles. The Morgan fingerprint density at radius 2 is 1.88 bits per heavy atom. The summed E-state index contributed by atoms with van der Waals surface area (Å²) >= 11 is 0. The molecule has 0 bridgehead atoms. The maximum atomic E-state index is 12.6. The number of aliphatic hydroxyl groups excluding tert-OH is 1. The molecule has 2 atom stereocenters. The average molecular weight is 333 g/mol. The highest BCUT2D eigenvalue weighted by Gasteiger charge is 2.52. The van der Waals surface area contributed by atoms with Gasteiger partial charge in [0.15, 0.2) is 0 Å². The van der Waals surface area contributed by atoms with Crippen LogP contribution in [-0.4, -0.2) is 40.6 Å². The third kappa shape index (κ3) is 2.29. The maximum Gasteiger partial charge on any atom is 0.332 e. The molecule has 0 spiro atoms. The Labute approximate surface area is 144 Å². The fourth-order valence-electron chi connectivity index (χ4n) is 3.51. The van der Waals surface area contributed by atoms with E-state index in [0.29, 0.717) is 29.8 Å². The number of urea groups is 1. The lowest BCUT2D eigenvalue weighted by atomic mass is 9.99. The maximum absolute atomic E-state index is 12.6. The van der Waals surface area contributed by atoms with Crippen LogP contribution < -0.4 is 4.90 Å². The fourth-order valence-corrected chi connectivity index (χ4v) is 3.51. The predicted octanol–water partition coefficient (Wildman–Crippen LogP) is 2.13. The van der Waals surface area contributed by atoms with Gasteiger partial charge in [-0.15, -0.1) is 0 Å². The Balaban J connectivity index is 1.79. The number of carbonyl (C=O) groups excluding carboxylic acids is 2. The topological polar surface area (TPSA) is 84.6 Å². The zero-order valence-corrected chi connectivity index (χ0v) is 13.3. The molecule has 6 heteroatoms. The number of imide groups is 1. The molecule has 2 heterocycles. The van der Waals surface area contributed by atoms with E-state index < -0.39 is 24.1 Å². The smallest absolute Gasteiger partial charge is 0.332 e. The number of rotatable bonds is 2. The Hall–Kier alpha value is -3.17. The molecule has 25 heavy (non-hydrogen) atoms. The van der Waals surface area contributed by atoms with Crippen molar-refractivity contribution in [3.63, 3.8) is 0 Å². The molecule has 2 fully saturated rings. The summed E-state index contributed by atoms with van der Waals surface area (Å²) in [6.45, 7) is 0.370. The summed E-state index contributed by atoms with van der Waals surface area (Å²) in [7, 11) is 0. The SMILES string of the molecule is N#Cc1ccc(N2C(=O)[C@@H]3C(O)CCN3C2=O)cc1-c1ccccc1. The Kier molecular flexibility index (Phi) is 3.52. The molecule has 3 amide bonds. The highest BCUT2D eigenvalue weighted by Crippen LogP contribution is 2.34. The number of benzene rings is 2. The number of nitrogens with zero attached hydrogens (tertiary/aromatic N) is 3. The van der Waals surface area contributed by atoms with Crippen molar-refractivity contribution in [2.24, 2.45) is 0 Å². The van der Waals surface area contributed by atoms with Crippen molar-refractivity contribution in [2.45, 2.75) is 18.6 Å². The largest absolute Gasteiger partial charge is 0.390 e. The van der Waals surface area contributed by atoms with Crippen LogP contribution >= 0.6 is 0 Å². The van der Waals surface area contributed by atoms with E-state index in [1.165, 1.54) is 4.90 Å². The van der Waals surface area contributed by atoms with Gasteiger partial charge in [0.2, 0.25) is 0 Å². The second-order valence-corrected chi connectivity index (χ2v) is 6.16. The number of anilines is 1. The summed E-state index contributed by atoms with van der Waals surface area (Å²) in [5.41, 5.74) is 2.37. The van der Waals surface area contributed by atoms with Crippen molar-refractivity contribution >= 4 is 17.6 Å². The van der Waals surface area contributed by atoms with Crippen LogP contribution in [0, 0.1) is 11.3 Å². The normalized spacial score (nSPS) is 22.2. The lowest BCUT2D eigenvalue weighted by molar-refractivity contribution is -0.121. The summed E-state index contributed by atoms with van der Waals surface area (Å²) in [6.07, 6.45) is -0.410. The van der Waals surface area contributed by atoms with Crippen molar-refractivity contribution in [2.75, 3.05) is 11.4 Å². The molecule has 1 N–H and O–H groups in total. The molecule has 2 aliphatic rings. The van der Waals surface area contributed by atoms with Crippen molar-refractivity contribution in [3.05, 3.63) is 54.1 Å². The lowest BCUT2D eigenvalue weighted by Crippen LogP contribution is -2.36. The molecule has 2 aliphatic heterocycles. The minimum atomic E-state index is -0.826. The molecule has 2 saturated heterocycles. The standard InChI is InChI=1S/C19H15N3O3/c20-11-13-6-7-14(10-15(13)12-4-2-1-3-5-12)22-18(24)17-16(23)8-9-21(17)19(22)25/h1-7,10,16-17,23H,8-9H2/t16?,17-/m0/s1. The first-order chi connectivity index (χ1) is 12.1. The molecule has 0 saturated carbocycles. The number of hydrogen-bond donors (Lipinski definition) is 1. The van der Waals surface area contributed by atoms with Gasteiger partial charge in [0.05, 0.1) is 23.4 Å². The van der Waals surface area contributed by atoms with Crippen LogP contribution in [0.1, 0.15) is 12.0 Å². The Bertz CT molecular complexity index is 904. The van der Waals surface area contributed by atoms with Crippen LogP contribution in [0.2, 0.25) is 0 Å². The number of hydrogen-bond acceptors (Lipinski definition) is 4. The number of amides is 3. The van der Waals surface area contributed by atoms with Crippen molar-refractivity contribution in [1.29, 1.82) is 5.26 Å². The van der Waals surface area contributed by atoms with Gasteiger partial charge in [-0.1, -0.05) is 30.3 Å². The molecular formula is C19H15N3O3. The second kappa shape index (κ2) is 5.72. The molecule has 4 rings (SSSR count). The zero-order chi connectivity index (χ0) is 17.6. The molecule has 0 radical (unpaired) electrons. The summed E-state index contributed by atoms with van der Waals surface area (Å²) < 4.78 is 0. The van der Waals surface area contributed by atoms with Gasteiger partial charge < -0.3 is 10.0 Å². The summed E-state index contributed by atoms with van der Waals surface area (Å²) in [5, 5.41) is 19.3. The van der Waals surface area contributed by atoms with Crippen LogP contribution in [0.15, 0.2) is 48.5 Å². The minimum absolute atomic E-state index is 0.370. The molecular weight excluding hydrogens is 318 g/mol. The van der Waals surface area contributed by atoms with Crippen LogP contribution in [0.4, 0.5) is 10.5 Å². The van der Waals surface area contributed by atoms with Crippen LogP contribution in [0.25, 0.3) is 11.1 Å². The number of fused-ring (bicyclic) bond motifs is 1. The van der Waals surface area contributed by atoms with Gasteiger partial charge in [-0.2, -0.15) is 5.26 Å². The van der Waals surface area contributed by atoms with Crippen molar-refractivity contribution in [3.8, 4) is 17.2 Å². The van der Waals surface area contributed by atoms with Crippen molar-refractivity contribution in [1.82, 2.24) is 4.90 Å². The Morgan fingerprint density at radius 3 is 2.56 bits per heavy atom. The van der Waals surface area contributed by atoms with Crippen LogP contribution in [0.3, 0.4) is 0 Å². The summed E-state index contributed by atoms with van der Waals surface area (Å²) in [4.78, 5) is 27.8. The van der Waals surface area contributed by atoms with E-state index in [2.05, 4.69) is 6.07 Å². The molecule has 1 unspecified atom stereocenters. The molecule has 124 valence electrons. The highest BCUT2D eigenvalue weighted by molar-refractivity contribution is 6.22. The van der Waals surface area contributed by atoms with Gasteiger partial charge in [-0.3, -0.25) is 4.79 Å². The number of nitriles is 1. The van der Waals surface area contributed by atoms with E-state index in [-0.39, 0.29) is 0 Å². The molecule has 0 aliphatic carbocycles. The second-order valence-electron chi connectivity index (χ2n) is 6.16. The van der Waals surface area contributed by atoms with Crippen LogP contribution in [0.5, 0.6) is 0 Å². The third-order valence-corrected chi connectivity index (χ3v) is 4.74. The van der Waals surface area contributed by atoms with E-state index in [1.54, 1.807) is 18.2 Å². The van der Waals surface area contributed by atoms with Gasteiger partial charge >= 0.3 is 6.03 Å². The van der Waals surface area contributed by atoms with Gasteiger partial charge in [-0.05, 0) is 30.2 Å². The van der Waals surface area contributed by atoms with E-state index in [1.807, 2.05) is 30.3 Å². The van der Waals surface area contributed by atoms with Gasteiger partial charge in [-0.25, -0.2) is 9.69 Å². The monoisotopic (exact) mass is 333 g/mol. The first-order valence-electron chi connectivity index (χ1n) is 8.04. The Morgan fingerprint density at radius 1 is 1.12 bits per heavy atom.